The number of carbonyl (C=O) groups excluding carboxylic acids is 2. The minimum atomic E-state index is -1.12. The number of aliphatic hydroxyl groups excluding tert-OH is 6. The fraction of sp³-hybridized carbons (Fsp3) is 0.872. The number of hydrogen-bond donors (Lipinski definition) is 9. The summed E-state index contributed by atoms with van der Waals surface area (Å²) in [7, 11) is 0. The van der Waals surface area contributed by atoms with E-state index >= 15 is 0 Å². The number of ether oxygens (including phenoxy) is 7. The number of amides is 2. The molecule has 12 atom stereocenters. The van der Waals surface area contributed by atoms with Crippen LogP contribution in [-0.2, 0) is 42.7 Å². The number of unbranched alkanes of at least 4 members (excludes halogenated alkanes) is 22. The molecule has 9 N–H and O–H groups in total. The monoisotopic (exact) mass is 1380 g/mol. The molecule has 0 heterocycles. The van der Waals surface area contributed by atoms with Crippen molar-refractivity contribution in [1.29, 1.82) is 0 Å². The maximum absolute atomic E-state index is 12.7. The Balaban J connectivity index is 1.12. The summed E-state index contributed by atoms with van der Waals surface area (Å²) in [6, 6.07) is 0. The second-order valence-electron chi connectivity index (χ2n) is 28.1. The SMILES string of the molecule is CCCCCC=CCC=CCCCCCCCCC(O)(CCCCCCCCC=CCC=CCCCCC)OCCCN(CCCCCC(=O)NCCOCCOCCOC1C2C(O)C(O)C(CO)C12)CCCCCC(=O)NCCOCCOCCOC1C2C(O)C(O)C(CO)C12. The summed E-state index contributed by atoms with van der Waals surface area (Å²) in [4.78, 5) is 27.9. The van der Waals surface area contributed by atoms with E-state index in [9.17, 15) is 45.3 Å². The van der Waals surface area contributed by atoms with Gasteiger partial charge < -0.3 is 84.4 Å². The van der Waals surface area contributed by atoms with E-state index in [2.05, 4.69) is 78.0 Å². The van der Waals surface area contributed by atoms with Gasteiger partial charge in [0.15, 0.2) is 5.79 Å². The van der Waals surface area contributed by atoms with Crippen LogP contribution in [0.25, 0.3) is 0 Å². The molecule has 97 heavy (non-hydrogen) atoms. The Labute approximate surface area is 587 Å². The zero-order valence-corrected chi connectivity index (χ0v) is 60.8. The Morgan fingerprint density at radius 2 is 0.742 bits per heavy atom. The lowest BCUT2D eigenvalue weighted by atomic mass is 9.98. The lowest BCUT2D eigenvalue weighted by Crippen LogP contribution is -2.35. The number of allylic oxidation sites excluding steroid dienone is 8. The zero-order valence-electron chi connectivity index (χ0n) is 60.8. The molecule has 0 spiro atoms. The molecule has 0 saturated heterocycles. The van der Waals surface area contributed by atoms with Crippen LogP contribution in [0.2, 0.25) is 0 Å². The molecule has 2 amide bonds. The fourth-order valence-corrected chi connectivity index (χ4v) is 14.2. The van der Waals surface area contributed by atoms with Gasteiger partial charge >= 0.3 is 0 Å². The molecule has 4 aliphatic rings. The number of nitrogens with one attached hydrogen (secondary N) is 2. The van der Waals surface area contributed by atoms with Gasteiger partial charge in [0.2, 0.25) is 11.8 Å². The normalized spacial score (nSPS) is 24.2. The quantitative estimate of drug-likeness (QED) is 0.0156. The highest BCUT2D eigenvalue weighted by atomic mass is 16.6. The number of aliphatic hydroxyl groups is 7. The van der Waals surface area contributed by atoms with Gasteiger partial charge in [-0.3, -0.25) is 9.59 Å². The molecule has 4 rings (SSSR count). The van der Waals surface area contributed by atoms with E-state index in [4.69, 9.17) is 33.2 Å². The van der Waals surface area contributed by atoms with E-state index in [1.807, 2.05) is 0 Å². The molecule has 12 unspecified atom stereocenters. The van der Waals surface area contributed by atoms with Crippen LogP contribution in [-0.4, -0.2) is 213 Å². The summed E-state index contributed by atoms with van der Waals surface area (Å²) < 4.78 is 40.7. The molecule has 0 aliphatic heterocycles. The molecule has 0 bridgehead atoms. The first kappa shape index (κ1) is 86.7. The topological polar surface area (TPSA) is 268 Å². The number of carbonyl (C=O) groups is 2. The lowest BCUT2D eigenvalue weighted by Gasteiger charge is -2.30. The Morgan fingerprint density at radius 3 is 1.14 bits per heavy atom. The maximum Gasteiger partial charge on any atom is 0.220 e. The predicted octanol–water partition coefficient (Wildman–Crippen LogP) is 11.2. The van der Waals surface area contributed by atoms with Gasteiger partial charge in [0, 0.05) is 94.0 Å². The second-order valence-corrected chi connectivity index (χ2v) is 28.1. The molecule has 4 saturated carbocycles. The average molecular weight is 1380 g/mol. The highest BCUT2D eigenvalue weighted by Gasteiger charge is 2.68. The first-order valence-electron chi connectivity index (χ1n) is 39.2. The van der Waals surface area contributed by atoms with E-state index in [-0.39, 0.29) is 72.7 Å². The van der Waals surface area contributed by atoms with Crippen molar-refractivity contribution >= 4 is 11.8 Å². The van der Waals surface area contributed by atoms with Gasteiger partial charge in [0.25, 0.3) is 0 Å². The highest BCUT2D eigenvalue weighted by Crippen LogP contribution is 2.58. The van der Waals surface area contributed by atoms with Gasteiger partial charge in [-0.25, -0.2) is 0 Å². The highest BCUT2D eigenvalue weighted by molar-refractivity contribution is 5.76. The van der Waals surface area contributed by atoms with Crippen LogP contribution in [0.4, 0.5) is 0 Å². The van der Waals surface area contributed by atoms with E-state index in [1.54, 1.807) is 0 Å². The Bertz CT molecular complexity index is 1900. The van der Waals surface area contributed by atoms with Crippen molar-refractivity contribution in [2.24, 2.45) is 35.5 Å². The lowest BCUT2D eigenvalue weighted by molar-refractivity contribution is -0.214. The molecule has 19 heteroatoms. The molecular formula is C78H141N3O16. The fourth-order valence-electron chi connectivity index (χ4n) is 14.2. The van der Waals surface area contributed by atoms with Crippen LogP contribution < -0.4 is 10.6 Å². The van der Waals surface area contributed by atoms with Crippen LogP contribution in [0.3, 0.4) is 0 Å². The standard InChI is InChI=1S/C78H141N3O16/c1-3-5-7-9-11-13-15-17-19-21-23-25-27-29-31-37-44-78(90,45-38-32-30-28-26-24-22-20-18-16-14-12-10-8-6-4-2)97-51-41-50-81(48-39-33-35-42-66(84)79-46-52-91-54-56-93-58-60-95-76-68-64(62-82)72(86)74(88)70(68)76)49-40-34-36-43-67(85)80-47-53-92-55-57-94-59-61-96-77-69-65(63-83)73(87)75(89)71(69)77/h11-14,17-20,64-65,68-77,82-83,86-90H,3-10,15-16,21-63H2,1-2H3,(H,79,84)(H,80,85). The second kappa shape index (κ2) is 56.8. The number of nitrogens with zero attached hydrogens (tertiary/aromatic N) is 1. The first-order chi connectivity index (χ1) is 47.5. The van der Waals surface area contributed by atoms with E-state index in [0.29, 0.717) is 111 Å². The smallest absolute Gasteiger partial charge is 0.220 e. The molecule has 0 aromatic carbocycles. The first-order valence-corrected chi connectivity index (χ1v) is 39.2. The summed E-state index contributed by atoms with van der Waals surface area (Å²) in [5.74, 6) is -2.05. The molecule has 0 radical (unpaired) electrons. The van der Waals surface area contributed by atoms with Gasteiger partial charge in [-0.1, -0.05) is 152 Å². The molecule has 0 aromatic heterocycles. The van der Waals surface area contributed by atoms with Crippen molar-refractivity contribution in [1.82, 2.24) is 15.5 Å². The van der Waals surface area contributed by atoms with Crippen molar-refractivity contribution in [2.75, 3.05) is 119 Å². The zero-order chi connectivity index (χ0) is 69.7. The van der Waals surface area contributed by atoms with Crippen LogP contribution in [0.5, 0.6) is 0 Å². The maximum atomic E-state index is 12.7. The van der Waals surface area contributed by atoms with E-state index in [0.717, 1.165) is 116 Å². The van der Waals surface area contributed by atoms with Gasteiger partial charge in [-0.2, -0.15) is 0 Å². The Morgan fingerprint density at radius 1 is 0.392 bits per heavy atom. The number of rotatable bonds is 69. The van der Waals surface area contributed by atoms with Gasteiger partial charge in [-0.15, -0.1) is 0 Å². The third-order valence-electron chi connectivity index (χ3n) is 20.1. The van der Waals surface area contributed by atoms with Crippen LogP contribution >= 0.6 is 0 Å². The molecule has 0 aromatic rings. The molecule has 19 nitrogen and oxygen atoms in total. The van der Waals surface area contributed by atoms with Crippen molar-refractivity contribution < 1.29 is 78.5 Å². The Hall–Kier alpha value is -2.70. The Kier molecular flexibility index (Phi) is 50.8. The van der Waals surface area contributed by atoms with Crippen molar-refractivity contribution in [3.8, 4) is 0 Å². The van der Waals surface area contributed by atoms with Gasteiger partial charge in [0.05, 0.1) is 109 Å². The minimum Gasteiger partial charge on any atom is -0.396 e. The average Bonchev–Trinajstić information content (AvgIpc) is 1.56. The summed E-state index contributed by atoms with van der Waals surface area (Å²) in [5, 5.41) is 77.5. The van der Waals surface area contributed by atoms with E-state index < -0.39 is 30.2 Å². The number of fused-ring (bicyclic) bond motifs is 2. The summed E-state index contributed by atoms with van der Waals surface area (Å²) in [6.45, 7) is 12.0. The number of hydrogen-bond acceptors (Lipinski definition) is 17. The van der Waals surface area contributed by atoms with Crippen LogP contribution in [0, 0.1) is 35.5 Å². The minimum absolute atomic E-state index is 0.00928. The van der Waals surface area contributed by atoms with E-state index in [1.165, 1.54) is 103 Å². The summed E-state index contributed by atoms with van der Waals surface area (Å²) >= 11 is 0. The summed E-state index contributed by atoms with van der Waals surface area (Å²) in [5.41, 5.74) is 0. The van der Waals surface area contributed by atoms with Crippen molar-refractivity contribution in [3.05, 3.63) is 48.6 Å². The van der Waals surface area contributed by atoms with Crippen molar-refractivity contribution in [2.45, 2.75) is 281 Å². The largest absolute Gasteiger partial charge is 0.396 e. The molecule has 564 valence electrons. The van der Waals surface area contributed by atoms with Crippen LogP contribution in [0.15, 0.2) is 48.6 Å². The van der Waals surface area contributed by atoms with Gasteiger partial charge in [-0.05, 0) is 122 Å². The summed E-state index contributed by atoms with van der Waals surface area (Å²) in [6.07, 6.45) is 51.5. The third kappa shape index (κ3) is 39.0. The molecule has 4 aliphatic carbocycles. The predicted molar refractivity (Wildman–Crippen MR) is 385 cm³/mol. The third-order valence-corrected chi connectivity index (χ3v) is 20.1. The van der Waals surface area contributed by atoms with Crippen molar-refractivity contribution in [3.63, 3.8) is 0 Å². The molecular weight excluding hydrogens is 1230 g/mol. The van der Waals surface area contributed by atoms with Crippen LogP contribution in [0.1, 0.15) is 239 Å². The molecule has 4 fully saturated rings. The van der Waals surface area contributed by atoms with Gasteiger partial charge in [0.1, 0.15) is 0 Å².